The summed E-state index contributed by atoms with van der Waals surface area (Å²) in [5.41, 5.74) is -2.91. The Balaban J connectivity index is 2.50. The summed E-state index contributed by atoms with van der Waals surface area (Å²) in [6.45, 7) is 5.96. The average molecular weight is 681 g/mol. The predicted molar refractivity (Wildman–Crippen MR) is 141 cm³/mol. The standard InChI is InChI=1S/C18H4F9.3C4H9.Sn/c19-9-2-1-6(3-10(9)20)7-4-11(21)12(22)5-8(7)13-14(23)16(25)18(27)17(26)15(13)24;3*1-3-4-2;/h2-5H;3*1,3-4H2,2H3;. The van der Waals surface area contributed by atoms with Crippen molar-refractivity contribution in [1.29, 1.82) is 0 Å². The zero-order valence-corrected chi connectivity index (χ0v) is 25.4. The zero-order valence-electron chi connectivity index (χ0n) is 22.6. The number of rotatable bonds is 12. The van der Waals surface area contributed by atoms with Crippen molar-refractivity contribution in [2.45, 2.75) is 72.6 Å². The first-order valence-corrected chi connectivity index (χ1v) is 20.9. The van der Waals surface area contributed by atoms with Crippen LogP contribution in [0.5, 0.6) is 0 Å². The van der Waals surface area contributed by atoms with Gasteiger partial charge in [0, 0.05) is 0 Å². The van der Waals surface area contributed by atoms with E-state index in [0.717, 1.165) is 64.0 Å². The Kier molecular flexibility index (Phi) is 11.0. The van der Waals surface area contributed by atoms with Crippen molar-refractivity contribution >= 4 is 22.0 Å². The van der Waals surface area contributed by atoms with Gasteiger partial charge in [0.2, 0.25) is 0 Å². The Morgan fingerprint density at radius 1 is 0.450 bits per heavy atom. The second-order valence-corrected chi connectivity index (χ2v) is 23.3. The van der Waals surface area contributed by atoms with E-state index >= 15 is 0 Å². The molecule has 218 valence electrons. The van der Waals surface area contributed by atoms with Gasteiger partial charge >= 0.3 is 233 Å². The van der Waals surface area contributed by atoms with E-state index in [2.05, 4.69) is 0 Å². The van der Waals surface area contributed by atoms with Crippen LogP contribution >= 0.6 is 0 Å². The van der Waals surface area contributed by atoms with Crippen LogP contribution in [0.4, 0.5) is 39.5 Å². The minimum absolute atomic E-state index is 0.115. The molecule has 0 heterocycles. The molecule has 0 bridgehead atoms. The van der Waals surface area contributed by atoms with Gasteiger partial charge in [0.05, 0.1) is 0 Å². The van der Waals surface area contributed by atoms with Crippen LogP contribution < -0.4 is 3.58 Å². The minimum atomic E-state index is -3.75. The summed E-state index contributed by atoms with van der Waals surface area (Å²) in [5, 5.41) is 0. The average Bonchev–Trinajstić information content (AvgIpc) is 2.94. The third-order valence-corrected chi connectivity index (χ3v) is 23.2. The van der Waals surface area contributed by atoms with Crippen molar-refractivity contribution in [1.82, 2.24) is 0 Å². The van der Waals surface area contributed by atoms with E-state index in [9.17, 15) is 39.5 Å². The quantitative estimate of drug-likeness (QED) is 0.0773. The number of halogens is 9. The first kappa shape index (κ1) is 32.3. The third-order valence-electron chi connectivity index (χ3n) is 7.49. The van der Waals surface area contributed by atoms with E-state index in [1.165, 1.54) is 0 Å². The first-order chi connectivity index (χ1) is 18.9. The fourth-order valence-corrected chi connectivity index (χ4v) is 22.1. The van der Waals surface area contributed by atoms with Gasteiger partial charge in [-0.2, -0.15) is 0 Å². The first-order valence-electron chi connectivity index (χ1n) is 13.4. The van der Waals surface area contributed by atoms with Crippen LogP contribution in [0.1, 0.15) is 59.3 Å². The molecule has 0 radical (unpaired) electrons. The van der Waals surface area contributed by atoms with Crippen LogP contribution in [0.2, 0.25) is 13.3 Å². The third kappa shape index (κ3) is 6.33. The van der Waals surface area contributed by atoms with Gasteiger partial charge in [-0.05, 0) is 0 Å². The molecule has 0 saturated heterocycles. The fraction of sp³-hybridized carbons (Fsp3) is 0.400. The van der Waals surface area contributed by atoms with E-state index in [4.69, 9.17) is 0 Å². The van der Waals surface area contributed by atoms with Crippen molar-refractivity contribution in [3.63, 3.8) is 0 Å². The summed E-state index contributed by atoms with van der Waals surface area (Å²) in [7, 11) is 0. The molecule has 0 saturated carbocycles. The maximum atomic E-state index is 14.9. The number of hydrogen-bond donors (Lipinski definition) is 0. The van der Waals surface area contributed by atoms with Crippen LogP contribution in [-0.4, -0.2) is 18.4 Å². The Labute approximate surface area is 232 Å². The van der Waals surface area contributed by atoms with Crippen LogP contribution in [-0.2, 0) is 0 Å². The Morgan fingerprint density at radius 2 is 0.800 bits per heavy atom. The summed E-state index contributed by atoms with van der Waals surface area (Å²) in [6, 6.07) is 2.69. The van der Waals surface area contributed by atoms with Gasteiger partial charge in [-0.25, -0.2) is 0 Å². The summed E-state index contributed by atoms with van der Waals surface area (Å²) in [4.78, 5) is 0. The molecule has 0 spiro atoms. The normalized spacial score (nSPS) is 11.9. The van der Waals surface area contributed by atoms with Gasteiger partial charge in [-0.15, -0.1) is 0 Å². The van der Waals surface area contributed by atoms with Crippen LogP contribution in [0.25, 0.3) is 22.3 Å². The molecule has 0 fully saturated rings. The van der Waals surface area contributed by atoms with Gasteiger partial charge < -0.3 is 0 Å². The SMILES string of the molecule is CCC[CH2][Sn]([CH2]CCC)([CH2]CCC)[c]1cc(F)c(F)cc1-c1cc(F)c(F)cc1-c1c(F)c(F)c(F)c(F)c1F. The molecular weight excluding hydrogens is 650 g/mol. The Morgan fingerprint density at radius 3 is 1.23 bits per heavy atom. The van der Waals surface area contributed by atoms with Crippen molar-refractivity contribution < 1.29 is 39.5 Å². The second-order valence-electron chi connectivity index (χ2n) is 10.2. The van der Waals surface area contributed by atoms with Crippen LogP contribution in [0, 0.1) is 52.4 Å². The molecule has 3 rings (SSSR count). The molecule has 40 heavy (non-hydrogen) atoms. The Hall–Kier alpha value is -2.17. The summed E-state index contributed by atoms with van der Waals surface area (Å²) >= 11 is -3.75. The van der Waals surface area contributed by atoms with Crippen molar-refractivity contribution in [2.24, 2.45) is 0 Å². The molecule has 0 aliphatic rings. The van der Waals surface area contributed by atoms with Gasteiger partial charge in [0.25, 0.3) is 0 Å². The van der Waals surface area contributed by atoms with Crippen LogP contribution in [0.15, 0.2) is 24.3 Å². The molecule has 0 aromatic heterocycles. The molecule has 0 N–H and O–H groups in total. The van der Waals surface area contributed by atoms with E-state index in [1.54, 1.807) is 0 Å². The van der Waals surface area contributed by atoms with Gasteiger partial charge in [-0.1, -0.05) is 0 Å². The van der Waals surface area contributed by atoms with Crippen molar-refractivity contribution in [3.8, 4) is 22.3 Å². The molecular formula is C30H31F9Sn. The molecule has 3 aromatic carbocycles. The summed E-state index contributed by atoms with van der Waals surface area (Å²) in [6.07, 6.45) is 4.80. The number of hydrogen-bond acceptors (Lipinski definition) is 0. The summed E-state index contributed by atoms with van der Waals surface area (Å²) in [5.74, 6) is -17.0. The fourth-order valence-electron chi connectivity index (χ4n) is 5.35. The maximum absolute atomic E-state index is 14.9. The van der Waals surface area contributed by atoms with E-state index in [-0.39, 0.29) is 5.56 Å². The number of benzene rings is 3. The monoisotopic (exact) mass is 682 g/mol. The molecule has 10 heteroatoms. The molecule has 0 aliphatic carbocycles. The van der Waals surface area contributed by atoms with E-state index in [1.807, 2.05) is 20.8 Å². The van der Waals surface area contributed by atoms with Gasteiger partial charge in [0.1, 0.15) is 0 Å². The van der Waals surface area contributed by atoms with E-state index in [0.29, 0.717) is 15.7 Å². The molecule has 0 aliphatic heterocycles. The molecule has 0 atom stereocenters. The zero-order chi connectivity index (χ0) is 29.8. The van der Waals surface area contributed by atoms with Gasteiger partial charge in [0.15, 0.2) is 0 Å². The topological polar surface area (TPSA) is 0 Å². The Bertz CT molecular complexity index is 1320. The molecule has 3 aromatic rings. The van der Waals surface area contributed by atoms with Crippen molar-refractivity contribution in [3.05, 3.63) is 76.6 Å². The second kappa shape index (κ2) is 13.7. The van der Waals surface area contributed by atoms with Gasteiger partial charge in [-0.3, -0.25) is 0 Å². The van der Waals surface area contributed by atoms with Crippen molar-refractivity contribution in [2.75, 3.05) is 0 Å². The molecule has 0 nitrogen and oxygen atoms in total. The molecule has 0 amide bonds. The number of unbranched alkanes of at least 4 members (excludes halogenated alkanes) is 3. The molecule has 0 unspecified atom stereocenters. The predicted octanol–water partition coefficient (Wildman–Crippen LogP) is 10.3. The van der Waals surface area contributed by atoms with E-state index < -0.39 is 87.4 Å². The summed E-state index contributed by atoms with van der Waals surface area (Å²) < 4.78 is 133. The van der Waals surface area contributed by atoms with Crippen LogP contribution in [0.3, 0.4) is 0 Å².